The van der Waals surface area contributed by atoms with Crippen molar-refractivity contribution in [2.45, 2.75) is 97.3 Å². The standard InChI is InChI=1S/C37H48O4/c1-27-25-29(19-23-35(27)40-5)33(38)15-13-11-9-7-8-10-12-14-16-34(39)30-20-24-36(41-6)32(26-30)28-17-21-31(22-18-28)37(2,3)4/h17-26H,7-16H2,1-6H3. The van der Waals surface area contributed by atoms with Gasteiger partial charge < -0.3 is 9.47 Å². The van der Waals surface area contributed by atoms with Crippen LogP contribution in [0.1, 0.15) is 117 Å². The van der Waals surface area contributed by atoms with Crippen LogP contribution >= 0.6 is 0 Å². The summed E-state index contributed by atoms with van der Waals surface area (Å²) in [5, 5.41) is 0. The lowest BCUT2D eigenvalue weighted by Gasteiger charge is -2.19. The van der Waals surface area contributed by atoms with E-state index in [-0.39, 0.29) is 17.0 Å². The molecule has 3 aromatic rings. The second-order valence-electron chi connectivity index (χ2n) is 12.1. The quantitative estimate of drug-likeness (QED) is 0.130. The van der Waals surface area contributed by atoms with Crippen LogP contribution < -0.4 is 9.47 Å². The summed E-state index contributed by atoms with van der Waals surface area (Å²) in [4.78, 5) is 25.4. The number of Topliss-reactive ketones (excluding diaryl/α,β-unsaturated/α-hetero) is 2. The molecule has 0 fully saturated rings. The Kier molecular flexibility index (Phi) is 12.2. The molecule has 0 heterocycles. The molecule has 220 valence electrons. The Hall–Kier alpha value is -3.40. The maximum absolute atomic E-state index is 13.0. The molecule has 0 amide bonds. The van der Waals surface area contributed by atoms with Crippen LogP contribution in [0.5, 0.6) is 11.5 Å². The van der Waals surface area contributed by atoms with E-state index < -0.39 is 0 Å². The van der Waals surface area contributed by atoms with Crippen molar-refractivity contribution in [2.75, 3.05) is 14.2 Å². The minimum Gasteiger partial charge on any atom is -0.496 e. The van der Waals surface area contributed by atoms with Crippen LogP contribution in [0.2, 0.25) is 0 Å². The highest BCUT2D eigenvalue weighted by Gasteiger charge is 2.16. The summed E-state index contributed by atoms with van der Waals surface area (Å²) in [6.45, 7) is 8.59. The first-order chi connectivity index (χ1) is 19.6. The number of ether oxygens (including phenoxy) is 2. The molecule has 0 aliphatic rings. The van der Waals surface area contributed by atoms with E-state index in [4.69, 9.17) is 9.47 Å². The van der Waals surface area contributed by atoms with Crippen molar-refractivity contribution < 1.29 is 19.1 Å². The molecule has 0 bridgehead atoms. The maximum atomic E-state index is 13.0. The van der Waals surface area contributed by atoms with Crippen molar-refractivity contribution in [1.82, 2.24) is 0 Å². The van der Waals surface area contributed by atoms with Gasteiger partial charge in [0.2, 0.25) is 0 Å². The van der Waals surface area contributed by atoms with Crippen LogP contribution in [0, 0.1) is 6.92 Å². The number of carbonyl (C=O) groups is 2. The number of unbranched alkanes of at least 4 members (excludes halogenated alkanes) is 7. The fourth-order valence-electron chi connectivity index (χ4n) is 5.23. The van der Waals surface area contributed by atoms with E-state index in [1.807, 2.05) is 43.3 Å². The average molecular weight is 557 g/mol. The van der Waals surface area contributed by atoms with Crippen LogP contribution in [-0.4, -0.2) is 25.8 Å². The van der Waals surface area contributed by atoms with Gasteiger partial charge in [0.05, 0.1) is 14.2 Å². The average Bonchev–Trinajstić information content (AvgIpc) is 2.97. The monoisotopic (exact) mass is 556 g/mol. The van der Waals surface area contributed by atoms with Crippen molar-refractivity contribution in [2.24, 2.45) is 0 Å². The van der Waals surface area contributed by atoms with Gasteiger partial charge in [0.15, 0.2) is 11.6 Å². The lowest BCUT2D eigenvalue weighted by Crippen LogP contribution is -2.10. The molecule has 0 saturated heterocycles. The number of methoxy groups -OCH3 is 2. The predicted molar refractivity (Wildman–Crippen MR) is 170 cm³/mol. The molecule has 0 N–H and O–H groups in total. The van der Waals surface area contributed by atoms with Gasteiger partial charge in [0.25, 0.3) is 0 Å². The van der Waals surface area contributed by atoms with E-state index in [2.05, 4.69) is 45.0 Å². The van der Waals surface area contributed by atoms with Crippen molar-refractivity contribution in [3.05, 3.63) is 82.9 Å². The zero-order valence-electron chi connectivity index (χ0n) is 26.0. The van der Waals surface area contributed by atoms with Crippen LogP contribution in [0.25, 0.3) is 11.1 Å². The van der Waals surface area contributed by atoms with E-state index in [0.717, 1.165) is 77.8 Å². The van der Waals surface area contributed by atoms with Crippen molar-refractivity contribution in [3.63, 3.8) is 0 Å². The Labute approximate surface area is 247 Å². The molecule has 41 heavy (non-hydrogen) atoms. The number of hydrogen-bond donors (Lipinski definition) is 0. The van der Waals surface area contributed by atoms with Gasteiger partial charge in [-0.25, -0.2) is 0 Å². The van der Waals surface area contributed by atoms with Crippen molar-refractivity contribution >= 4 is 11.6 Å². The van der Waals surface area contributed by atoms with Gasteiger partial charge in [-0.15, -0.1) is 0 Å². The van der Waals surface area contributed by atoms with Crippen LogP contribution in [0.15, 0.2) is 60.7 Å². The molecule has 0 aliphatic heterocycles. The Morgan fingerprint density at radius 3 is 1.54 bits per heavy atom. The molecule has 0 aliphatic carbocycles. The molecule has 4 heteroatoms. The van der Waals surface area contributed by atoms with Crippen LogP contribution in [0.4, 0.5) is 0 Å². The van der Waals surface area contributed by atoms with Gasteiger partial charge in [-0.05, 0) is 78.3 Å². The molecule has 0 saturated carbocycles. The summed E-state index contributed by atoms with van der Waals surface area (Å²) < 4.78 is 10.9. The first kappa shape index (κ1) is 32.1. The number of rotatable bonds is 16. The highest BCUT2D eigenvalue weighted by atomic mass is 16.5. The van der Waals surface area contributed by atoms with E-state index in [1.54, 1.807) is 14.2 Å². The van der Waals surface area contributed by atoms with Gasteiger partial charge in [-0.2, -0.15) is 0 Å². The molecule has 0 aromatic heterocycles. The Morgan fingerprint density at radius 1 is 0.610 bits per heavy atom. The summed E-state index contributed by atoms with van der Waals surface area (Å²) in [6.07, 6.45) is 9.82. The molecular formula is C37H48O4. The van der Waals surface area contributed by atoms with Gasteiger partial charge in [-0.3, -0.25) is 9.59 Å². The Morgan fingerprint density at radius 2 is 1.07 bits per heavy atom. The lowest BCUT2D eigenvalue weighted by atomic mass is 9.86. The van der Waals surface area contributed by atoms with Crippen LogP contribution in [-0.2, 0) is 5.41 Å². The van der Waals surface area contributed by atoms with E-state index in [0.29, 0.717) is 12.8 Å². The number of hydrogen-bond acceptors (Lipinski definition) is 4. The number of aryl methyl sites for hydroxylation is 1. The molecule has 0 unspecified atom stereocenters. The molecule has 3 aromatic carbocycles. The fourth-order valence-corrected chi connectivity index (χ4v) is 5.23. The fraction of sp³-hybridized carbons (Fsp3) is 0.459. The van der Waals surface area contributed by atoms with Gasteiger partial charge in [-0.1, -0.05) is 83.6 Å². The predicted octanol–water partition coefficient (Wildman–Crippen LogP) is 9.94. The van der Waals surface area contributed by atoms with Gasteiger partial charge in [0.1, 0.15) is 11.5 Å². The third-order valence-electron chi connectivity index (χ3n) is 7.86. The van der Waals surface area contributed by atoms with E-state index in [9.17, 15) is 9.59 Å². The summed E-state index contributed by atoms with van der Waals surface area (Å²) in [5.74, 6) is 2.00. The molecule has 0 spiro atoms. The first-order valence-electron chi connectivity index (χ1n) is 15.1. The molecule has 4 nitrogen and oxygen atoms in total. The third-order valence-corrected chi connectivity index (χ3v) is 7.86. The summed E-state index contributed by atoms with van der Waals surface area (Å²) in [6, 6.07) is 20.0. The highest BCUT2D eigenvalue weighted by Crippen LogP contribution is 2.33. The zero-order valence-corrected chi connectivity index (χ0v) is 26.0. The smallest absolute Gasteiger partial charge is 0.162 e. The minimum absolute atomic E-state index is 0.0958. The van der Waals surface area contributed by atoms with Crippen LogP contribution in [0.3, 0.4) is 0 Å². The number of ketones is 2. The minimum atomic E-state index is 0.0958. The summed E-state index contributed by atoms with van der Waals surface area (Å²) in [5.41, 5.74) is 5.92. The second kappa shape index (κ2) is 15.6. The topological polar surface area (TPSA) is 52.6 Å². The second-order valence-corrected chi connectivity index (χ2v) is 12.1. The number of benzene rings is 3. The zero-order chi connectivity index (χ0) is 29.8. The Balaban J connectivity index is 1.34. The molecular weight excluding hydrogens is 508 g/mol. The van der Waals surface area contributed by atoms with E-state index >= 15 is 0 Å². The van der Waals surface area contributed by atoms with Crippen molar-refractivity contribution in [1.29, 1.82) is 0 Å². The third kappa shape index (κ3) is 9.59. The first-order valence-corrected chi connectivity index (χ1v) is 15.1. The molecule has 3 rings (SSSR count). The highest BCUT2D eigenvalue weighted by molar-refractivity contribution is 5.98. The summed E-state index contributed by atoms with van der Waals surface area (Å²) >= 11 is 0. The van der Waals surface area contributed by atoms with Crippen molar-refractivity contribution in [3.8, 4) is 22.6 Å². The van der Waals surface area contributed by atoms with Gasteiger partial charge in [0, 0.05) is 29.5 Å². The lowest BCUT2D eigenvalue weighted by molar-refractivity contribution is 0.0970. The Bertz CT molecular complexity index is 1280. The molecule has 0 radical (unpaired) electrons. The van der Waals surface area contributed by atoms with E-state index in [1.165, 1.54) is 18.4 Å². The molecule has 0 atom stereocenters. The number of carbonyl (C=O) groups excluding carboxylic acids is 2. The maximum Gasteiger partial charge on any atom is 0.162 e. The normalized spacial score (nSPS) is 11.4. The SMILES string of the molecule is COc1ccc(C(=O)CCCCCCCCCCC(=O)c2ccc(OC)c(-c3ccc(C(C)(C)C)cc3)c2)cc1C. The largest absolute Gasteiger partial charge is 0.496 e. The van der Waals surface area contributed by atoms with Gasteiger partial charge >= 0.3 is 0 Å². The summed E-state index contributed by atoms with van der Waals surface area (Å²) in [7, 11) is 3.32.